The van der Waals surface area contributed by atoms with Crippen molar-refractivity contribution in [1.29, 1.82) is 0 Å². The van der Waals surface area contributed by atoms with Gasteiger partial charge in [0.05, 0.1) is 17.5 Å². The van der Waals surface area contributed by atoms with E-state index in [2.05, 4.69) is 28.0 Å². The summed E-state index contributed by atoms with van der Waals surface area (Å²) in [5.41, 5.74) is 5.93. The molecule has 0 saturated carbocycles. The van der Waals surface area contributed by atoms with E-state index in [0.29, 0.717) is 34.3 Å². The van der Waals surface area contributed by atoms with E-state index in [-0.39, 0.29) is 17.7 Å². The number of carbonyl (C=O) groups excluding carboxylic acids is 2. The summed E-state index contributed by atoms with van der Waals surface area (Å²) in [7, 11) is 0. The number of hydrogen-bond acceptors (Lipinski definition) is 6. The first-order chi connectivity index (χ1) is 14.4. The van der Waals surface area contributed by atoms with E-state index in [1.54, 1.807) is 38.1 Å². The van der Waals surface area contributed by atoms with Gasteiger partial charge in [0.1, 0.15) is 5.76 Å². The number of rotatable bonds is 7. The summed E-state index contributed by atoms with van der Waals surface area (Å²) in [5, 5.41) is 8.93. The van der Waals surface area contributed by atoms with Crippen molar-refractivity contribution in [3.63, 3.8) is 0 Å². The van der Waals surface area contributed by atoms with E-state index in [0.717, 1.165) is 19.3 Å². The predicted octanol–water partition coefficient (Wildman–Crippen LogP) is 2.20. The molecule has 158 valence electrons. The molecule has 2 amide bonds. The number of amides is 2. The van der Waals surface area contributed by atoms with Gasteiger partial charge in [0, 0.05) is 17.5 Å². The van der Waals surface area contributed by atoms with Crippen LogP contribution in [0.25, 0.3) is 10.8 Å². The van der Waals surface area contributed by atoms with Crippen molar-refractivity contribution < 1.29 is 14.1 Å². The van der Waals surface area contributed by atoms with Crippen LogP contribution in [-0.2, 0) is 17.8 Å². The third kappa shape index (κ3) is 4.56. The Balaban J connectivity index is 1.79. The third-order valence-corrected chi connectivity index (χ3v) is 4.89. The zero-order chi connectivity index (χ0) is 21.7. The number of unbranched alkanes of at least 4 members (excludes halogenated alkanes) is 2. The number of aromatic nitrogens is 3. The predicted molar refractivity (Wildman–Crippen MR) is 111 cm³/mol. The maximum atomic E-state index is 12.8. The Morgan fingerprint density at radius 1 is 1.10 bits per heavy atom. The standard InChI is InChI=1S/C21H25N5O4/c1-4-5-8-11-26-21(29)16-10-7-6-9-15(16)19(24-26)20(28)23-22-18(27)12-17-13(2)25-30-14(17)3/h6-7,9-10H,4-5,8,11-12H2,1-3H3,(H,22,27)(H,23,28). The van der Waals surface area contributed by atoms with E-state index in [9.17, 15) is 14.4 Å². The van der Waals surface area contributed by atoms with Gasteiger partial charge in [-0.2, -0.15) is 5.10 Å². The fourth-order valence-corrected chi connectivity index (χ4v) is 3.21. The fourth-order valence-electron chi connectivity index (χ4n) is 3.21. The molecule has 30 heavy (non-hydrogen) atoms. The summed E-state index contributed by atoms with van der Waals surface area (Å²) in [6, 6.07) is 6.81. The molecule has 3 rings (SSSR count). The van der Waals surface area contributed by atoms with Crippen molar-refractivity contribution in [3.05, 3.63) is 57.3 Å². The average molecular weight is 411 g/mol. The summed E-state index contributed by atoms with van der Waals surface area (Å²) in [4.78, 5) is 37.7. The molecule has 2 N–H and O–H groups in total. The molecular formula is C21H25N5O4. The van der Waals surface area contributed by atoms with E-state index < -0.39 is 11.8 Å². The van der Waals surface area contributed by atoms with Gasteiger partial charge < -0.3 is 4.52 Å². The topological polar surface area (TPSA) is 119 Å². The average Bonchev–Trinajstić information content (AvgIpc) is 3.06. The second-order valence-electron chi connectivity index (χ2n) is 7.11. The summed E-state index contributed by atoms with van der Waals surface area (Å²) in [6.07, 6.45) is 2.77. The molecule has 0 aliphatic rings. The quantitative estimate of drug-likeness (QED) is 0.454. The Kier molecular flexibility index (Phi) is 6.61. The third-order valence-electron chi connectivity index (χ3n) is 4.89. The Morgan fingerprint density at radius 3 is 2.50 bits per heavy atom. The van der Waals surface area contributed by atoms with E-state index in [1.165, 1.54) is 4.68 Å². The number of nitrogens with zero attached hydrogens (tertiary/aromatic N) is 3. The molecule has 0 fully saturated rings. The molecule has 3 aromatic rings. The van der Waals surface area contributed by atoms with Crippen molar-refractivity contribution >= 4 is 22.6 Å². The van der Waals surface area contributed by atoms with Gasteiger partial charge in [-0.15, -0.1) is 0 Å². The maximum Gasteiger partial charge on any atom is 0.290 e. The molecule has 0 aliphatic carbocycles. The van der Waals surface area contributed by atoms with Crippen LogP contribution in [0, 0.1) is 13.8 Å². The lowest BCUT2D eigenvalue weighted by molar-refractivity contribution is -0.121. The number of hydrogen-bond donors (Lipinski definition) is 2. The Bertz CT molecular complexity index is 1110. The van der Waals surface area contributed by atoms with Crippen molar-refractivity contribution in [2.45, 2.75) is 53.0 Å². The summed E-state index contributed by atoms with van der Waals surface area (Å²) in [5.74, 6) is -0.457. The molecule has 0 atom stereocenters. The van der Waals surface area contributed by atoms with Gasteiger partial charge >= 0.3 is 0 Å². The number of hydrazine groups is 1. The van der Waals surface area contributed by atoms with Gasteiger partial charge in [-0.3, -0.25) is 25.2 Å². The SMILES string of the molecule is CCCCCn1nc(C(=O)NNC(=O)Cc2c(C)noc2C)c2ccccc2c1=O. The van der Waals surface area contributed by atoms with Crippen LogP contribution in [0.2, 0.25) is 0 Å². The molecular weight excluding hydrogens is 386 g/mol. The lowest BCUT2D eigenvalue weighted by Crippen LogP contribution is -2.43. The highest BCUT2D eigenvalue weighted by Crippen LogP contribution is 2.14. The zero-order valence-corrected chi connectivity index (χ0v) is 17.3. The Hall–Kier alpha value is -3.49. The van der Waals surface area contributed by atoms with Crippen molar-refractivity contribution in [2.24, 2.45) is 0 Å². The van der Waals surface area contributed by atoms with Gasteiger partial charge in [-0.05, 0) is 26.3 Å². The normalized spacial score (nSPS) is 10.9. The van der Waals surface area contributed by atoms with Crippen LogP contribution < -0.4 is 16.4 Å². The molecule has 0 saturated heterocycles. The minimum absolute atomic E-state index is 0.0200. The Morgan fingerprint density at radius 2 is 1.83 bits per heavy atom. The van der Waals surface area contributed by atoms with Crippen molar-refractivity contribution in [3.8, 4) is 0 Å². The van der Waals surface area contributed by atoms with Gasteiger partial charge in [0.25, 0.3) is 11.5 Å². The van der Waals surface area contributed by atoms with Gasteiger partial charge in [-0.25, -0.2) is 4.68 Å². The van der Waals surface area contributed by atoms with Gasteiger partial charge in [-0.1, -0.05) is 43.1 Å². The van der Waals surface area contributed by atoms with Gasteiger partial charge in [0.2, 0.25) is 5.91 Å². The molecule has 1 aromatic carbocycles. The smallest absolute Gasteiger partial charge is 0.290 e. The number of fused-ring (bicyclic) bond motifs is 1. The maximum absolute atomic E-state index is 12.8. The molecule has 0 spiro atoms. The number of nitrogens with one attached hydrogen (secondary N) is 2. The number of carbonyl (C=O) groups is 2. The first-order valence-electron chi connectivity index (χ1n) is 9.93. The largest absolute Gasteiger partial charge is 0.361 e. The zero-order valence-electron chi connectivity index (χ0n) is 17.3. The highest BCUT2D eigenvalue weighted by Gasteiger charge is 2.18. The molecule has 2 aromatic heterocycles. The van der Waals surface area contributed by atoms with Crippen LogP contribution in [0.5, 0.6) is 0 Å². The molecule has 0 radical (unpaired) electrons. The Labute approximate surface area is 173 Å². The van der Waals surface area contributed by atoms with Crippen LogP contribution in [0.15, 0.2) is 33.6 Å². The summed E-state index contributed by atoms with van der Waals surface area (Å²) in [6.45, 7) is 5.96. The number of aryl methyl sites for hydroxylation is 3. The van der Waals surface area contributed by atoms with E-state index in [1.807, 2.05) is 0 Å². The first kappa shape index (κ1) is 21.2. The van der Waals surface area contributed by atoms with Gasteiger partial charge in [0.15, 0.2) is 5.69 Å². The lowest BCUT2D eigenvalue weighted by atomic mass is 10.1. The van der Waals surface area contributed by atoms with Crippen LogP contribution in [0.3, 0.4) is 0 Å². The monoisotopic (exact) mass is 411 g/mol. The minimum Gasteiger partial charge on any atom is -0.361 e. The lowest BCUT2D eigenvalue weighted by Gasteiger charge is -2.12. The summed E-state index contributed by atoms with van der Waals surface area (Å²) >= 11 is 0. The second kappa shape index (κ2) is 9.34. The van der Waals surface area contributed by atoms with Crippen LogP contribution in [-0.4, -0.2) is 26.8 Å². The van der Waals surface area contributed by atoms with Crippen molar-refractivity contribution in [2.75, 3.05) is 0 Å². The van der Waals surface area contributed by atoms with E-state index in [4.69, 9.17) is 4.52 Å². The molecule has 0 unspecified atom stereocenters. The highest BCUT2D eigenvalue weighted by atomic mass is 16.5. The number of benzene rings is 1. The molecule has 9 heteroatoms. The van der Waals surface area contributed by atoms with Crippen LogP contribution in [0.4, 0.5) is 0 Å². The fraction of sp³-hybridized carbons (Fsp3) is 0.381. The molecule has 0 aliphatic heterocycles. The van der Waals surface area contributed by atoms with Crippen molar-refractivity contribution in [1.82, 2.24) is 25.8 Å². The highest BCUT2D eigenvalue weighted by molar-refractivity contribution is 6.05. The van der Waals surface area contributed by atoms with Crippen LogP contribution >= 0.6 is 0 Å². The summed E-state index contributed by atoms with van der Waals surface area (Å²) < 4.78 is 6.36. The molecule has 2 heterocycles. The van der Waals surface area contributed by atoms with Crippen LogP contribution in [0.1, 0.15) is 53.7 Å². The molecule has 0 bridgehead atoms. The van der Waals surface area contributed by atoms with E-state index >= 15 is 0 Å². The molecule has 9 nitrogen and oxygen atoms in total. The second-order valence-corrected chi connectivity index (χ2v) is 7.11. The minimum atomic E-state index is -0.595. The first-order valence-corrected chi connectivity index (χ1v) is 9.93.